The third-order valence-corrected chi connectivity index (χ3v) is 3.93. The van der Waals surface area contributed by atoms with Crippen LogP contribution in [-0.4, -0.2) is 36.1 Å². The Balaban J connectivity index is 2.08. The van der Waals surface area contributed by atoms with E-state index in [1.807, 2.05) is 0 Å². The third-order valence-electron chi connectivity index (χ3n) is 3.93. The topological polar surface area (TPSA) is 94.7 Å². The normalized spacial score (nSPS) is 10.6. The van der Waals surface area contributed by atoms with Crippen LogP contribution in [0.4, 0.5) is 0 Å². The maximum atomic E-state index is 12.4. The lowest BCUT2D eigenvalue weighted by molar-refractivity contribution is 0.0376. The molecule has 144 valence electrons. The van der Waals surface area contributed by atoms with Crippen molar-refractivity contribution in [1.29, 1.82) is 0 Å². The van der Waals surface area contributed by atoms with Crippen molar-refractivity contribution in [1.82, 2.24) is 4.98 Å². The molecule has 1 aromatic carbocycles. The first kappa shape index (κ1) is 20.2. The number of carbonyl (C=O) groups excluding carboxylic acids is 3. The molecule has 27 heavy (non-hydrogen) atoms. The van der Waals surface area contributed by atoms with Gasteiger partial charge >= 0.3 is 17.9 Å². The summed E-state index contributed by atoms with van der Waals surface area (Å²) >= 11 is 0. The summed E-state index contributed by atoms with van der Waals surface area (Å²) < 4.78 is 15.2. The number of rotatable bonds is 6. The van der Waals surface area contributed by atoms with Gasteiger partial charge in [-0.15, -0.1) is 0 Å². The molecule has 0 saturated heterocycles. The number of aryl methyl sites for hydroxylation is 1. The molecule has 0 spiro atoms. The molecule has 0 bridgehead atoms. The van der Waals surface area contributed by atoms with Gasteiger partial charge in [0, 0.05) is 5.69 Å². The fourth-order valence-corrected chi connectivity index (χ4v) is 2.61. The molecule has 0 saturated carbocycles. The lowest BCUT2D eigenvalue weighted by Crippen LogP contribution is -2.13. The van der Waals surface area contributed by atoms with Gasteiger partial charge in [-0.3, -0.25) is 0 Å². The van der Waals surface area contributed by atoms with E-state index in [1.165, 1.54) is 7.11 Å². The van der Waals surface area contributed by atoms with Gasteiger partial charge in [-0.25, -0.2) is 14.4 Å². The number of benzene rings is 1. The number of methoxy groups -OCH3 is 1. The summed E-state index contributed by atoms with van der Waals surface area (Å²) in [6, 6.07) is 6.55. The highest BCUT2D eigenvalue weighted by molar-refractivity contribution is 5.98. The van der Waals surface area contributed by atoms with E-state index >= 15 is 0 Å². The Bertz CT molecular complexity index is 848. The van der Waals surface area contributed by atoms with E-state index in [2.05, 4.69) is 9.72 Å². The Kier molecular flexibility index (Phi) is 6.39. The summed E-state index contributed by atoms with van der Waals surface area (Å²) in [6.07, 6.45) is -0.255. The first-order valence-electron chi connectivity index (χ1n) is 8.49. The summed E-state index contributed by atoms with van der Waals surface area (Å²) in [5.41, 5.74) is 2.73. The summed E-state index contributed by atoms with van der Waals surface area (Å²) in [5.74, 6) is -1.48. The molecule has 2 rings (SSSR count). The van der Waals surface area contributed by atoms with Gasteiger partial charge in [-0.2, -0.15) is 0 Å². The molecule has 1 N–H and O–H groups in total. The molecule has 7 heteroatoms. The maximum absolute atomic E-state index is 12.4. The summed E-state index contributed by atoms with van der Waals surface area (Å²) in [6.45, 7) is 6.92. The minimum absolute atomic E-state index is 0.0313. The van der Waals surface area contributed by atoms with Crippen LogP contribution in [0.25, 0.3) is 0 Å². The van der Waals surface area contributed by atoms with Crippen molar-refractivity contribution in [2.45, 2.75) is 40.4 Å². The lowest BCUT2D eigenvalue weighted by Gasteiger charge is -2.08. The van der Waals surface area contributed by atoms with Crippen molar-refractivity contribution < 1.29 is 28.6 Å². The van der Waals surface area contributed by atoms with E-state index < -0.39 is 17.9 Å². The van der Waals surface area contributed by atoms with Gasteiger partial charge in [-0.05, 0) is 51.0 Å². The number of hydrogen-bond donors (Lipinski definition) is 1. The second kappa shape index (κ2) is 8.53. The predicted octanol–water partition coefficient (Wildman–Crippen LogP) is 3.34. The fourth-order valence-electron chi connectivity index (χ4n) is 2.61. The summed E-state index contributed by atoms with van der Waals surface area (Å²) in [4.78, 5) is 38.9. The SMILES string of the molecule is COC(=O)c1ccc(COC(=O)c2[nH]c(C)c(C(=O)OC(C)C)c2C)cc1. The molecule has 2 aromatic rings. The molecule has 0 unspecified atom stereocenters. The molecule has 0 aliphatic rings. The van der Waals surface area contributed by atoms with Crippen molar-refractivity contribution in [3.05, 3.63) is 57.9 Å². The van der Waals surface area contributed by atoms with E-state index in [4.69, 9.17) is 9.47 Å². The maximum Gasteiger partial charge on any atom is 0.355 e. The summed E-state index contributed by atoms with van der Waals surface area (Å²) in [5, 5.41) is 0. The second-order valence-corrected chi connectivity index (χ2v) is 6.34. The molecular formula is C20H23NO6. The van der Waals surface area contributed by atoms with E-state index in [9.17, 15) is 14.4 Å². The number of H-pyrrole nitrogens is 1. The average molecular weight is 373 g/mol. The van der Waals surface area contributed by atoms with E-state index in [0.717, 1.165) is 5.56 Å². The van der Waals surface area contributed by atoms with Crippen LogP contribution in [0.15, 0.2) is 24.3 Å². The Morgan fingerprint density at radius 3 is 2.19 bits per heavy atom. The minimum Gasteiger partial charge on any atom is -0.465 e. The van der Waals surface area contributed by atoms with E-state index in [-0.39, 0.29) is 18.4 Å². The van der Waals surface area contributed by atoms with Gasteiger partial charge in [-0.1, -0.05) is 12.1 Å². The van der Waals surface area contributed by atoms with Crippen molar-refractivity contribution in [3.8, 4) is 0 Å². The molecular weight excluding hydrogens is 350 g/mol. The first-order valence-corrected chi connectivity index (χ1v) is 8.49. The van der Waals surface area contributed by atoms with Crippen molar-refractivity contribution in [2.24, 2.45) is 0 Å². The number of esters is 3. The van der Waals surface area contributed by atoms with Gasteiger partial charge in [0.15, 0.2) is 0 Å². The van der Waals surface area contributed by atoms with Crippen LogP contribution in [0.5, 0.6) is 0 Å². The van der Waals surface area contributed by atoms with Gasteiger partial charge in [0.2, 0.25) is 0 Å². The highest BCUT2D eigenvalue weighted by Gasteiger charge is 2.24. The van der Waals surface area contributed by atoms with Crippen LogP contribution in [0, 0.1) is 13.8 Å². The van der Waals surface area contributed by atoms with Crippen molar-refractivity contribution in [2.75, 3.05) is 7.11 Å². The van der Waals surface area contributed by atoms with Crippen LogP contribution in [0.2, 0.25) is 0 Å². The highest BCUT2D eigenvalue weighted by Crippen LogP contribution is 2.21. The smallest absolute Gasteiger partial charge is 0.355 e. The number of ether oxygens (including phenoxy) is 3. The lowest BCUT2D eigenvalue weighted by atomic mass is 10.1. The molecule has 0 radical (unpaired) electrons. The number of hydrogen-bond acceptors (Lipinski definition) is 6. The zero-order chi connectivity index (χ0) is 20.1. The molecule has 0 amide bonds. The molecule has 7 nitrogen and oxygen atoms in total. The zero-order valence-corrected chi connectivity index (χ0v) is 16.0. The average Bonchev–Trinajstić information content (AvgIpc) is 2.93. The first-order chi connectivity index (χ1) is 12.7. The Labute approximate surface area is 157 Å². The molecule has 0 atom stereocenters. The Hall–Kier alpha value is -3.09. The number of carbonyl (C=O) groups is 3. The van der Waals surface area contributed by atoms with Crippen LogP contribution >= 0.6 is 0 Å². The van der Waals surface area contributed by atoms with Crippen LogP contribution < -0.4 is 0 Å². The number of nitrogens with one attached hydrogen (secondary N) is 1. The monoisotopic (exact) mass is 373 g/mol. The fraction of sp³-hybridized carbons (Fsp3) is 0.350. The van der Waals surface area contributed by atoms with Crippen LogP contribution in [-0.2, 0) is 20.8 Å². The van der Waals surface area contributed by atoms with Crippen LogP contribution in [0.1, 0.15) is 61.9 Å². The van der Waals surface area contributed by atoms with Crippen LogP contribution in [0.3, 0.4) is 0 Å². The molecule has 1 heterocycles. The third kappa shape index (κ3) is 4.75. The van der Waals surface area contributed by atoms with Gasteiger partial charge in [0.1, 0.15) is 12.3 Å². The quantitative estimate of drug-likeness (QED) is 0.616. The second-order valence-electron chi connectivity index (χ2n) is 6.34. The molecule has 0 aliphatic carbocycles. The predicted molar refractivity (Wildman–Crippen MR) is 97.7 cm³/mol. The van der Waals surface area contributed by atoms with E-state index in [1.54, 1.807) is 52.0 Å². The van der Waals surface area contributed by atoms with Gasteiger partial charge < -0.3 is 19.2 Å². The molecule has 1 aromatic heterocycles. The summed E-state index contributed by atoms with van der Waals surface area (Å²) in [7, 11) is 1.31. The zero-order valence-electron chi connectivity index (χ0n) is 16.0. The van der Waals surface area contributed by atoms with E-state index in [0.29, 0.717) is 22.4 Å². The molecule has 0 fully saturated rings. The van der Waals surface area contributed by atoms with Gasteiger partial charge in [0.25, 0.3) is 0 Å². The standard InChI is InChI=1S/C20H23NO6/c1-11(2)27-19(23)16-12(3)17(21-13(16)4)20(24)26-10-14-6-8-15(9-7-14)18(22)25-5/h6-9,11,21H,10H2,1-5H3. The number of aromatic nitrogens is 1. The Morgan fingerprint density at radius 2 is 1.63 bits per heavy atom. The number of aromatic amines is 1. The van der Waals surface area contributed by atoms with Gasteiger partial charge in [0.05, 0.1) is 24.3 Å². The Morgan fingerprint density at radius 1 is 1.00 bits per heavy atom. The minimum atomic E-state index is -0.573. The largest absolute Gasteiger partial charge is 0.465 e. The highest BCUT2D eigenvalue weighted by atomic mass is 16.5. The van der Waals surface area contributed by atoms with Crippen molar-refractivity contribution >= 4 is 17.9 Å². The molecule has 0 aliphatic heterocycles. The van der Waals surface area contributed by atoms with Crippen molar-refractivity contribution in [3.63, 3.8) is 0 Å².